The van der Waals surface area contributed by atoms with E-state index in [1.54, 1.807) is 50.4 Å². The molecular weight excluding hydrogens is 439 g/mol. The maximum atomic E-state index is 14.3. The molecule has 4 rings (SSSR count). The molecule has 0 aliphatic rings. The van der Waals surface area contributed by atoms with Crippen LogP contribution in [0.3, 0.4) is 0 Å². The van der Waals surface area contributed by atoms with Crippen molar-refractivity contribution in [2.75, 3.05) is 21.6 Å². The summed E-state index contributed by atoms with van der Waals surface area (Å²) in [5, 5.41) is 5.79. The van der Waals surface area contributed by atoms with E-state index in [1.807, 2.05) is 0 Å². The summed E-state index contributed by atoms with van der Waals surface area (Å²) in [4.78, 5) is 19.7. The smallest absolute Gasteiger partial charge is 0.408 e. The molecule has 0 spiro atoms. The predicted molar refractivity (Wildman–Crippen MR) is 120 cm³/mol. The van der Waals surface area contributed by atoms with Gasteiger partial charge in [-0.15, -0.1) is 0 Å². The van der Waals surface area contributed by atoms with Crippen LogP contribution in [0.1, 0.15) is 5.56 Å². The van der Waals surface area contributed by atoms with Crippen molar-refractivity contribution in [3.05, 3.63) is 64.5 Å². The van der Waals surface area contributed by atoms with Gasteiger partial charge in [0.25, 0.3) is 0 Å². The van der Waals surface area contributed by atoms with Crippen molar-refractivity contribution in [3.63, 3.8) is 0 Å². The summed E-state index contributed by atoms with van der Waals surface area (Å²) in [7, 11) is -1.88. The summed E-state index contributed by atoms with van der Waals surface area (Å²) in [6.07, 6.45) is 2.07. The van der Waals surface area contributed by atoms with E-state index in [4.69, 9.17) is 4.42 Å². The van der Waals surface area contributed by atoms with E-state index in [-0.39, 0.29) is 11.8 Å². The number of hydrogen-bond donors (Lipinski definition) is 3. The van der Waals surface area contributed by atoms with Crippen LogP contribution in [0.4, 0.5) is 33.2 Å². The molecule has 12 heteroatoms. The molecule has 0 aliphatic heterocycles. The van der Waals surface area contributed by atoms with Gasteiger partial charge in [-0.2, -0.15) is 4.98 Å². The number of rotatable bonds is 6. The number of nitrogens with zero attached hydrogens (tertiary/aromatic N) is 3. The third-order valence-corrected chi connectivity index (χ3v) is 5.18. The molecule has 0 fully saturated rings. The average molecular weight is 458 g/mol. The lowest BCUT2D eigenvalue weighted by atomic mass is 10.2. The van der Waals surface area contributed by atoms with E-state index in [0.29, 0.717) is 28.2 Å². The number of benzene rings is 2. The number of sulfonamides is 1. The molecular formula is C20H19FN6O4S. The summed E-state index contributed by atoms with van der Waals surface area (Å²) >= 11 is 0. The second kappa shape index (κ2) is 7.96. The normalized spacial score (nSPS) is 11.5. The number of halogens is 1. The molecule has 0 unspecified atom stereocenters. The van der Waals surface area contributed by atoms with Crippen LogP contribution in [0.15, 0.2) is 51.8 Å². The Morgan fingerprint density at radius 2 is 1.81 bits per heavy atom. The molecule has 0 amide bonds. The molecule has 2 aromatic carbocycles. The highest BCUT2D eigenvalue weighted by Crippen LogP contribution is 2.25. The molecule has 166 valence electrons. The minimum absolute atomic E-state index is 0.0862. The molecule has 32 heavy (non-hydrogen) atoms. The van der Waals surface area contributed by atoms with Gasteiger partial charge in [0.15, 0.2) is 17.2 Å². The van der Waals surface area contributed by atoms with Crippen LogP contribution in [0.25, 0.3) is 11.1 Å². The first-order valence-electron chi connectivity index (χ1n) is 9.34. The van der Waals surface area contributed by atoms with Gasteiger partial charge in [0.2, 0.25) is 16.0 Å². The van der Waals surface area contributed by atoms with E-state index in [2.05, 4.69) is 25.3 Å². The lowest BCUT2D eigenvalue weighted by molar-refractivity contribution is 0.528. The van der Waals surface area contributed by atoms with Gasteiger partial charge in [0, 0.05) is 18.4 Å². The maximum Gasteiger partial charge on any atom is 0.419 e. The third kappa shape index (κ3) is 4.54. The largest absolute Gasteiger partial charge is 0.419 e. The van der Waals surface area contributed by atoms with E-state index < -0.39 is 21.6 Å². The molecule has 3 N–H and O–H groups in total. The Labute approximate surface area is 182 Å². The number of oxazole rings is 1. The Hall–Kier alpha value is -3.93. The second-order valence-electron chi connectivity index (χ2n) is 7.15. The Morgan fingerprint density at radius 3 is 2.56 bits per heavy atom. The van der Waals surface area contributed by atoms with Gasteiger partial charge in [-0.3, -0.25) is 9.29 Å². The minimum Gasteiger partial charge on any atom is -0.408 e. The van der Waals surface area contributed by atoms with E-state index in [9.17, 15) is 17.6 Å². The number of aryl methyl sites for hydroxylation is 2. The second-order valence-corrected chi connectivity index (χ2v) is 8.90. The van der Waals surface area contributed by atoms with Crippen molar-refractivity contribution >= 4 is 50.0 Å². The SMILES string of the molecule is Cc1ccc(Nc2ncc(F)c(Nc3ccc4oc(=O)n(C)c4c3)n2)cc1NS(C)(=O)=O. The fourth-order valence-corrected chi connectivity index (χ4v) is 3.61. The van der Waals surface area contributed by atoms with Crippen molar-refractivity contribution in [2.24, 2.45) is 7.05 Å². The summed E-state index contributed by atoms with van der Waals surface area (Å²) in [5.74, 6) is -1.17. The molecule has 0 saturated carbocycles. The first-order chi connectivity index (χ1) is 15.1. The molecule has 0 radical (unpaired) electrons. The Bertz CT molecular complexity index is 1500. The number of anilines is 5. The number of hydrogen-bond acceptors (Lipinski definition) is 8. The van der Waals surface area contributed by atoms with Crippen LogP contribution in [0, 0.1) is 12.7 Å². The molecule has 4 aromatic rings. The highest BCUT2D eigenvalue weighted by atomic mass is 32.2. The van der Waals surface area contributed by atoms with Gasteiger partial charge in [0.1, 0.15) is 0 Å². The topological polar surface area (TPSA) is 131 Å². The van der Waals surface area contributed by atoms with Gasteiger partial charge < -0.3 is 15.1 Å². The van der Waals surface area contributed by atoms with Gasteiger partial charge in [-0.25, -0.2) is 22.6 Å². The predicted octanol–water partition coefficient (Wildman–Crippen LogP) is 3.23. The number of nitrogens with one attached hydrogen (secondary N) is 3. The quantitative estimate of drug-likeness (QED) is 0.401. The maximum absolute atomic E-state index is 14.3. The monoisotopic (exact) mass is 458 g/mol. The molecule has 2 aromatic heterocycles. The standard InChI is InChI=1S/C20H19FN6O4S/c1-11-4-5-12(8-15(11)26-32(3,29)30)24-19-22-10-14(21)18(25-19)23-13-6-7-17-16(9-13)27(2)20(28)31-17/h4-10,26H,1-3H3,(H2,22,23,24,25). The third-order valence-electron chi connectivity index (χ3n) is 4.59. The highest BCUT2D eigenvalue weighted by molar-refractivity contribution is 7.92. The van der Waals surface area contributed by atoms with Gasteiger partial charge in [0.05, 0.1) is 23.7 Å². The molecule has 0 saturated heterocycles. The van der Waals surface area contributed by atoms with E-state index in [0.717, 1.165) is 18.0 Å². The van der Waals surface area contributed by atoms with Crippen LogP contribution in [-0.4, -0.2) is 29.2 Å². The van der Waals surface area contributed by atoms with Crippen molar-refractivity contribution in [1.29, 1.82) is 0 Å². The number of fused-ring (bicyclic) bond motifs is 1. The number of aromatic nitrogens is 3. The van der Waals surface area contributed by atoms with Crippen LogP contribution in [0.5, 0.6) is 0 Å². The van der Waals surface area contributed by atoms with Crippen LogP contribution in [-0.2, 0) is 17.1 Å². The highest BCUT2D eigenvalue weighted by Gasteiger charge is 2.12. The molecule has 10 nitrogen and oxygen atoms in total. The minimum atomic E-state index is -3.45. The lowest BCUT2D eigenvalue weighted by Crippen LogP contribution is -2.11. The van der Waals surface area contributed by atoms with E-state index >= 15 is 0 Å². The Kier molecular flexibility index (Phi) is 5.30. The Morgan fingerprint density at radius 1 is 1.09 bits per heavy atom. The zero-order valence-electron chi connectivity index (χ0n) is 17.3. The van der Waals surface area contributed by atoms with Crippen LogP contribution >= 0.6 is 0 Å². The summed E-state index contributed by atoms with van der Waals surface area (Å²) < 4.78 is 46.3. The molecule has 0 atom stereocenters. The van der Waals surface area contributed by atoms with E-state index in [1.165, 1.54) is 4.57 Å². The van der Waals surface area contributed by atoms with Crippen molar-refractivity contribution in [1.82, 2.24) is 14.5 Å². The van der Waals surface area contributed by atoms with Crippen molar-refractivity contribution in [3.8, 4) is 0 Å². The van der Waals surface area contributed by atoms with Crippen molar-refractivity contribution in [2.45, 2.75) is 6.92 Å². The lowest BCUT2D eigenvalue weighted by Gasteiger charge is -2.12. The van der Waals surface area contributed by atoms with Gasteiger partial charge >= 0.3 is 5.76 Å². The fraction of sp³-hybridized carbons (Fsp3) is 0.150. The molecule has 0 aliphatic carbocycles. The van der Waals surface area contributed by atoms with Crippen LogP contribution < -0.4 is 21.1 Å². The zero-order valence-corrected chi connectivity index (χ0v) is 18.1. The average Bonchev–Trinajstić information content (AvgIpc) is 3.00. The Balaban J connectivity index is 1.60. The van der Waals surface area contributed by atoms with Crippen LogP contribution in [0.2, 0.25) is 0 Å². The first-order valence-corrected chi connectivity index (χ1v) is 11.2. The van der Waals surface area contributed by atoms with Gasteiger partial charge in [-0.05, 0) is 42.8 Å². The zero-order chi connectivity index (χ0) is 23.0. The summed E-state index contributed by atoms with van der Waals surface area (Å²) in [6, 6.07) is 9.89. The molecule has 0 bridgehead atoms. The fourth-order valence-electron chi connectivity index (χ4n) is 2.99. The summed E-state index contributed by atoms with van der Waals surface area (Å²) in [6.45, 7) is 1.76. The summed E-state index contributed by atoms with van der Waals surface area (Å²) in [5.41, 5.74) is 3.08. The molecule has 2 heterocycles. The van der Waals surface area contributed by atoms with Crippen molar-refractivity contribution < 1.29 is 17.2 Å². The van der Waals surface area contributed by atoms with Gasteiger partial charge in [-0.1, -0.05) is 6.07 Å². The first kappa shape index (κ1) is 21.3.